The zero-order valence-corrected chi connectivity index (χ0v) is 37.5. The van der Waals surface area contributed by atoms with Crippen molar-refractivity contribution < 1.29 is 33.5 Å². The van der Waals surface area contributed by atoms with Gasteiger partial charge in [-0.1, -0.05) is 23.2 Å². The molecule has 5 aliphatic heterocycles. The molecule has 8 heterocycles. The molecule has 4 fully saturated rings. The molecule has 3 aromatic heterocycles. The van der Waals surface area contributed by atoms with Crippen LogP contribution < -0.4 is 20.3 Å². The highest BCUT2D eigenvalue weighted by molar-refractivity contribution is 6.35. The predicted molar refractivity (Wildman–Crippen MR) is 244 cm³/mol. The molecule has 2 aromatic carbocycles. The summed E-state index contributed by atoms with van der Waals surface area (Å²) in [6, 6.07) is 13.4. The molecule has 17 nitrogen and oxygen atoms in total. The van der Waals surface area contributed by atoms with Gasteiger partial charge in [0.25, 0.3) is 11.8 Å². The van der Waals surface area contributed by atoms with Crippen molar-refractivity contribution in [1.29, 1.82) is 0 Å². The number of nitrogens with zero attached hydrogens (tertiary/aromatic N) is 7. The first-order chi connectivity index (χ1) is 31.8. The van der Waals surface area contributed by atoms with Crippen molar-refractivity contribution in [3.8, 4) is 17.0 Å². The molecule has 2 atom stereocenters. The highest BCUT2D eigenvalue weighted by Gasteiger charge is 2.47. The number of H-pyrrole nitrogens is 1. The molecule has 0 saturated carbocycles. The molecule has 6 amide bonds. The van der Waals surface area contributed by atoms with Crippen LogP contribution in [0.5, 0.6) is 5.75 Å². The van der Waals surface area contributed by atoms with Gasteiger partial charge in [0.1, 0.15) is 29.4 Å². The monoisotopic (exact) mass is 932 g/mol. The van der Waals surface area contributed by atoms with Crippen LogP contribution in [-0.4, -0.2) is 122 Å². The largest absolute Gasteiger partial charge is 0.486 e. The molecule has 0 bridgehead atoms. The van der Waals surface area contributed by atoms with E-state index in [0.717, 1.165) is 58.8 Å². The van der Waals surface area contributed by atoms with Gasteiger partial charge in [-0.05, 0) is 87.6 Å². The highest BCUT2D eigenvalue weighted by Crippen LogP contribution is 2.43. The number of rotatable bonds is 10. The van der Waals surface area contributed by atoms with E-state index in [-0.39, 0.29) is 53.7 Å². The molecule has 0 radical (unpaired) electrons. The SMILES string of the molecule is C[C@@H](Oc1ccc2[nH]nc(-c3ccc(N4CC5(CCN(C(=O)C6CCN(C(=O)CNc7ccc8c(c7)C(=O)N(C7CCC(=O)NC7=O)C8=O)CC6)CC5)C4)nc3)c2c1)c1c(Cl)cncc1Cl. The molecule has 1 spiro atoms. The van der Waals surface area contributed by atoms with E-state index < -0.39 is 35.8 Å². The van der Waals surface area contributed by atoms with Crippen molar-refractivity contribution in [2.24, 2.45) is 11.3 Å². The van der Waals surface area contributed by atoms with Crippen LogP contribution in [0.3, 0.4) is 0 Å². The fourth-order valence-corrected chi connectivity index (χ4v) is 10.7. The predicted octanol–water partition coefficient (Wildman–Crippen LogP) is 5.65. The number of ether oxygens (including phenoxy) is 1. The van der Waals surface area contributed by atoms with Gasteiger partial charge < -0.3 is 24.8 Å². The molecular weight excluding hydrogens is 887 g/mol. The minimum absolute atomic E-state index is 0.0273. The fourth-order valence-electron chi connectivity index (χ4n) is 10.0. The lowest BCUT2D eigenvalue weighted by Crippen LogP contribution is -2.61. The van der Waals surface area contributed by atoms with Crippen LogP contribution in [0.2, 0.25) is 10.0 Å². The average molecular weight is 934 g/mol. The van der Waals surface area contributed by atoms with Crippen LogP contribution >= 0.6 is 23.2 Å². The number of benzene rings is 2. The van der Waals surface area contributed by atoms with Gasteiger partial charge in [0, 0.05) is 97.8 Å². The van der Waals surface area contributed by atoms with E-state index in [1.54, 1.807) is 23.4 Å². The van der Waals surface area contributed by atoms with E-state index in [9.17, 15) is 28.8 Å². The summed E-state index contributed by atoms with van der Waals surface area (Å²) >= 11 is 12.7. The third-order valence-electron chi connectivity index (χ3n) is 13.8. The van der Waals surface area contributed by atoms with E-state index in [0.29, 0.717) is 66.1 Å². The molecule has 10 rings (SSSR count). The number of aromatic nitrogens is 4. The van der Waals surface area contributed by atoms with Crippen molar-refractivity contribution in [3.05, 3.63) is 93.9 Å². The maximum atomic E-state index is 13.7. The van der Waals surface area contributed by atoms with Crippen molar-refractivity contribution >= 4 is 81.1 Å². The second-order valence-corrected chi connectivity index (χ2v) is 18.7. The number of nitrogens with one attached hydrogen (secondary N) is 3. The average Bonchev–Trinajstić information content (AvgIpc) is 3.84. The lowest BCUT2D eigenvalue weighted by Gasteiger charge is -2.54. The van der Waals surface area contributed by atoms with E-state index in [2.05, 4.69) is 30.7 Å². The van der Waals surface area contributed by atoms with Gasteiger partial charge in [0.2, 0.25) is 23.6 Å². The number of imide groups is 2. The summed E-state index contributed by atoms with van der Waals surface area (Å²) < 4.78 is 6.25. The van der Waals surface area contributed by atoms with Crippen molar-refractivity contribution in [3.63, 3.8) is 0 Å². The third kappa shape index (κ3) is 8.08. The Morgan fingerprint density at radius 1 is 0.879 bits per heavy atom. The Balaban J connectivity index is 0.671. The quantitative estimate of drug-likeness (QED) is 0.146. The lowest BCUT2D eigenvalue weighted by atomic mass is 9.71. The molecule has 5 aromatic rings. The van der Waals surface area contributed by atoms with Crippen LogP contribution in [-0.2, 0) is 19.2 Å². The van der Waals surface area contributed by atoms with Gasteiger partial charge in [-0.15, -0.1) is 0 Å². The summed E-state index contributed by atoms with van der Waals surface area (Å²) in [5.41, 5.74) is 4.11. The summed E-state index contributed by atoms with van der Waals surface area (Å²) in [4.78, 5) is 92.9. The molecule has 4 saturated heterocycles. The minimum Gasteiger partial charge on any atom is -0.486 e. The Morgan fingerprint density at radius 2 is 1.62 bits per heavy atom. The van der Waals surface area contributed by atoms with Gasteiger partial charge in [-0.25, -0.2) is 4.98 Å². The maximum absolute atomic E-state index is 13.7. The van der Waals surface area contributed by atoms with Crippen molar-refractivity contribution in [2.75, 3.05) is 56.0 Å². The van der Waals surface area contributed by atoms with Crippen LogP contribution in [0.25, 0.3) is 22.2 Å². The molecule has 66 heavy (non-hydrogen) atoms. The summed E-state index contributed by atoms with van der Waals surface area (Å²) in [6.07, 6.45) is 7.68. The summed E-state index contributed by atoms with van der Waals surface area (Å²) in [5, 5.41) is 14.7. The van der Waals surface area contributed by atoms with Gasteiger partial charge in [0.05, 0.1) is 33.2 Å². The molecule has 340 valence electrons. The Bertz CT molecular complexity index is 2770. The van der Waals surface area contributed by atoms with Gasteiger partial charge >= 0.3 is 0 Å². The lowest BCUT2D eigenvalue weighted by molar-refractivity contribution is -0.142. The highest BCUT2D eigenvalue weighted by atomic mass is 35.5. The second-order valence-electron chi connectivity index (χ2n) is 17.9. The molecule has 0 aliphatic carbocycles. The minimum atomic E-state index is -1.05. The smallest absolute Gasteiger partial charge is 0.262 e. The molecule has 1 unspecified atom stereocenters. The zero-order chi connectivity index (χ0) is 45.9. The van der Waals surface area contributed by atoms with E-state index >= 15 is 0 Å². The van der Waals surface area contributed by atoms with Crippen molar-refractivity contribution in [1.82, 2.24) is 40.2 Å². The number of carbonyl (C=O) groups is 6. The number of hydrogen-bond acceptors (Lipinski definition) is 12. The Labute approximate surface area is 389 Å². The molecule has 19 heteroatoms. The number of aromatic amines is 1. The topological polar surface area (TPSA) is 203 Å². The summed E-state index contributed by atoms with van der Waals surface area (Å²) in [7, 11) is 0. The second kappa shape index (κ2) is 17.3. The molecular formula is C47H46Cl2N10O7. The number of carbonyl (C=O) groups excluding carboxylic acids is 6. The normalized spacial score (nSPS) is 20.1. The van der Waals surface area contributed by atoms with Gasteiger partial charge in [-0.3, -0.25) is 49.1 Å². The van der Waals surface area contributed by atoms with Gasteiger partial charge in [-0.2, -0.15) is 5.10 Å². The van der Waals surface area contributed by atoms with E-state index in [4.69, 9.17) is 32.9 Å². The Hall–Kier alpha value is -6.59. The number of hydrogen-bond donors (Lipinski definition) is 3. The molecule has 3 N–H and O–H groups in total. The number of likely N-dealkylation sites (tertiary alicyclic amines) is 2. The number of pyridine rings is 2. The third-order valence-corrected chi connectivity index (χ3v) is 14.4. The maximum Gasteiger partial charge on any atom is 0.262 e. The summed E-state index contributed by atoms with van der Waals surface area (Å²) in [6.45, 7) is 5.98. The molecule has 5 aliphatic rings. The van der Waals surface area contributed by atoms with E-state index in [1.807, 2.05) is 48.4 Å². The zero-order valence-electron chi connectivity index (χ0n) is 36.0. The Morgan fingerprint density at radius 3 is 2.33 bits per heavy atom. The van der Waals surface area contributed by atoms with Crippen molar-refractivity contribution in [2.45, 2.75) is 57.6 Å². The van der Waals surface area contributed by atoms with Crippen LogP contribution in [0.1, 0.15) is 77.8 Å². The first-order valence-electron chi connectivity index (χ1n) is 22.2. The number of halogens is 2. The number of piperidine rings is 3. The first kappa shape index (κ1) is 43.3. The van der Waals surface area contributed by atoms with Crippen LogP contribution in [0, 0.1) is 11.3 Å². The first-order valence-corrected chi connectivity index (χ1v) is 22.9. The number of anilines is 2. The standard InChI is InChI=1S/C47H46Cl2N10O7/c1-26(41-34(48)21-50-22-35(41)49)66-30-4-6-36-33(19-30)42(55-54-36)28-2-8-38(52-20-28)58-24-47(25-58)12-16-57(17-13-47)44(63)27-10-14-56(15-11-27)40(61)23-51-29-3-5-31-32(18-29)46(65)59(45(31)64)37-7-9-39(60)53-43(37)62/h2-6,8,18-22,26-27,37,51H,7,9-17,23-25H2,1H3,(H,54,55)(H,53,60,62)/t26-,37?/m1/s1. The van der Waals surface area contributed by atoms with Gasteiger partial charge in [0.15, 0.2) is 0 Å². The summed E-state index contributed by atoms with van der Waals surface area (Å²) in [5.74, 6) is -0.867. The Kier molecular flexibility index (Phi) is 11.4. The fraction of sp³-hybridized carbons (Fsp3) is 0.383. The van der Waals surface area contributed by atoms with E-state index in [1.165, 1.54) is 12.1 Å². The number of fused-ring (bicyclic) bond motifs is 2. The van der Waals surface area contributed by atoms with Crippen LogP contribution in [0.4, 0.5) is 11.5 Å². The van der Waals surface area contributed by atoms with Crippen LogP contribution in [0.15, 0.2) is 67.1 Å². The number of amides is 6.